The number of nitrogens with one attached hydrogen (secondary N) is 2. The molecule has 0 unspecified atom stereocenters. The normalized spacial score (nSPS) is 2.00. The maximum absolute atomic E-state index is 5.50. The third-order valence-electron chi connectivity index (χ3n) is 0. The van der Waals surface area contributed by atoms with Gasteiger partial charge in [-0.1, -0.05) is 0 Å². The van der Waals surface area contributed by atoms with Crippen LogP contribution in [0.25, 0.3) is 0 Å². The van der Waals surface area contributed by atoms with Crippen molar-refractivity contribution in [1.82, 2.24) is 4.91 Å². The monoisotopic (exact) mass is 219 g/mol. The van der Waals surface area contributed by atoms with E-state index in [4.69, 9.17) is 11.1 Å². The van der Waals surface area contributed by atoms with Crippen molar-refractivity contribution in [2.75, 3.05) is 0 Å². The van der Waals surface area contributed by atoms with E-state index in [0.717, 1.165) is 0 Å². The zero-order chi connectivity index (χ0) is 2.71. The first-order valence-corrected chi connectivity index (χ1v) is 0.447. The molecule has 0 heterocycles. The van der Waals surface area contributed by atoms with Crippen molar-refractivity contribution in [3.8, 4) is 0 Å². The van der Waals surface area contributed by atoms with Gasteiger partial charge in [0.25, 0.3) is 0 Å². The Morgan fingerprint density at radius 1 is 1.25 bits per heavy atom. The third kappa shape index (κ3) is 20.5. The predicted octanol–water partition coefficient (Wildman–Crippen LogP) is 0.116. The second-order valence-corrected chi connectivity index (χ2v) is 0.112. The molecule has 0 saturated heterocycles. The fourth-order valence-corrected chi connectivity index (χ4v) is 0. The molecule has 0 spiro atoms. The molecule has 0 aliphatic carbocycles. The Hall–Kier alpha value is 0.544. The topological polar surface area (TPSA) is 61.8 Å². The van der Waals surface area contributed by atoms with Crippen LogP contribution < -0.4 is 4.91 Å². The molecule has 0 atom stereocenters. The van der Waals surface area contributed by atoms with Crippen molar-refractivity contribution >= 4 is 0 Å². The van der Waals surface area contributed by atoms with E-state index in [1.54, 1.807) is 0 Å². The first-order chi connectivity index (χ1) is 1.41. The largest absolute Gasteiger partial charge is 0.211 e. The summed E-state index contributed by atoms with van der Waals surface area (Å²) >= 11 is 0. The molecule has 0 aromatic carbocycles. The van der Waals surface area contributed by atoms with Gasteiger partial charge in [0.15, 0.2) is 0 Å². The van der Waals surface area contributed by atoms with Crippen molar-refractivity contribution in [3.05, 3.63) is 0 Å². The fraction of sp³-hybridized carbons (Fsp3) is 0. The summed E-state index contributed by atoms with van der Waals surface area (Å²) in [7, 11) is 0. The van der Waals surface area contributed by atoms with Gasteiger partial charge in [0.05, 0.1) is 0 Å². The van der Waals surface area contributed by atoms with Gasteiger partial charge in [-0.25, -0.2) is 0 Å². The molecule has 0 aromatic rings. The van der Waals surface area contributed by atoms with Gasteiger partial charge in [0.1, 0.15) is 11.1 Å². The molecule has 4 heteroatoms. The van der Waals surface area contributed by atoms with E-state index >= 15 is 0 Å². The van der Waals surface area contributed by atoms with E-state index in [1.165, 1.54) is 0 Å². The summed E-state index contributed by atoms with van der Waals surface area (Å²) in [5.74, 6) is 0. The van der Waals surface area contributed by atoms with Gasteiger partial charge in [-0.05, 0) is 0 Å². The Balaban J connectivity index is 0. The Kier molecular flexibility index (Phi) is 21.2. The molecule has 31 valence electrons. The molecule has 0 rings (SSSR count). The van der Waals surface area contributed by atoms with Gasteiger partial charge < -0.3 is 0 Å². The number of nitrogens with zero attached hydrogens (tertiary/aromatic N) is 1. The van der Waals surface area contributed by atoms with Crippen LogP contribution in [0.2, 0.25) is 0 Å². The Morgan fingerprint density at radius 2 is 1.25 bits per heavy atom. The second kappa shape index (κ2) is 9.62. The van der Waals surface area contributed by atoms with Crippen LogP contribution in [-0.2, 0) is 0 Å². The van der Waals surface area contributed by atoms with Crippen LogP contribution in [0.1, 0.15) is 0 Å². The van der Waals surface area contributed by atoms with Crippen LogP contribution in [0.3, 0.4) is 0 Å². The van der Waals surface area contributed by atoms with Crippen LogP contribution in [-0.4, -0.2) is 0 Å². The van der Waals surface area contributed by atoms with E-state index < -0.39 is 0 Å². The molecule has 0 aromatic heterocycles. The molecule has 0 bridgehead atoms. The van der Waals surface area contributed by atoms with Crippen LogP contribution in [0.15, 0.2) is 0 Å². The minimum atomic E-state index is 0. The average molecular weight is 219 g/mol. The first-order valence-electron chi connectivity index (χ1n) is 0.447. The summed E-state index contributed by atoms with van der Waals surface area (Å²) in [5, 5.41) is 0. The molecular formula is H2LuN3+. The summed E-state index contributed by atoms with van der Waals surface area (Å²) < 4.78 is 0. The summed E-state index contributed by atoms with van der Waals surface area (Å²) in [6, 6.07) is 0. The predicted molar refractivity (Wildman–Crippen MR) is 7.57 cm³/mol. The minimum absolute atomic E-state index is 0. The van der Waals surface area contributed by atoms with Crippen LogP contribution in [0.4, 0.5) is 0 Å². The summed E-state index contributed by atoms with van der Waals surface area (Å²) in [4.78, 5) is 2.00. The SMILES string of the molecule is N=[N+]=N.[Lu]. The van der Waals surface area contributed by atoms with Gasteiger partial charge in [0.2, 0.25) is 4.91 Å². The molecular weight excluding hydrogens is 217 g/mol. The molecule has 1 radical (unpaired) electrons. The molecule has 0 aliphatic rings. The minimum Gasteiger partial charge on any atom is 0 e. The zero-order valence-electron chi connectivity index (χ0n) is 1.71. The number of hydrogen-bond acceptors (Lipinski definition) is 2. The standard InChI is InChI=1S/Lu.H2N3/c;1-3-2/h;1-2H/q;+1. The van der Waals surface area contributed by atoms with E-state index in [9.17, 15) is 0 Å². The second-order valence-electron chi connectivity index (χ2n) is 0.112. The van der Waals surface area contributed by atoms with E-state index in [2.05, 4.69) is 0 Å². The van der Waals surface area contributed by atoms with Gasteiger partial charge in [-0.15, -0.1) is 0 Å². The molecule has 4 heavy (non-hydrogen) atoms. The van der Waals surface area contributed by atoms with Crippen molar-refractivity contribution in [3.63, 3.8) is 0 Å². The smallest absolute Gasteiger partial charge is 0 e. The van der Waals surface area contributed by atoms with Crippen molar-refractivity contribution in [2.24, 2.45) is 0 Å². The van der Waals surface area contributed by atoms with Gasteiger partial charge >= 0.3 is 0 Å². The van der Waals surface area contributed by atoms with Gasteiger partial charge in [-0.2, -0.15) is 0 Å². The molecule has 0 aliphatic heterocycles. The first kappa shape index (κ1) is 8.82. The van der Waals surface area contributed by atoms with Crippen LogP contribution >= 0.6 is 0 Å². The molecule has 0 amide bonds. The number of rotatable bonds is 0. The van der Waals surface area contributed by atoms with Crippen molar-refractivity contribution < 1.29 is 36.9 Å². The van der Waals surface area contributed by atoms with Crippen LogP contribution in [0, 0.1) is 47.9 Å². The van der Waals surface area contributed by atoms with E-state index in [1.807, 2.05) is 4.91 Å². The van der Waals surface area contributed by atoms with Gasteiger partial charge in [0, 0.05) is 36.9 Å². The number of hydrogen-bond donors (Lipinski definition) is 2. The Bertz CT molecular complexity index is 24.3. The Labute approximate surface area is 52.6 Å². The maximum atomic E-state index is 5.50. The zero-order valence-corrected chi connectivity index (χ0v) is 3.36. The summed E-state index contributed by atoms with van der Waals surface area (Å²) in [6.07, 6.45) is 0. The summed E-state index contributed by atoms with van der Waals surface area (Å²) in [6.45, 7) is 0. The quantitative estimate of drug-likeness (QED) is 0.429. The third-order valence-corrected chi connectivity index (χ3v) is 0. The average Bonchev–Trinajstić information content (AvgIpc) is 0.918. The molecule has 2 N–H and O–H groups in total. The molecule has 3 nitrogen and oxygen atoms in total. The maximum Gasteiger partial charge on any atom is 0.211 e. The van der Waals surface area contributed by atoms with E-state index in [0.29, 0.717) is 0 Å². The molecule has 0 fully saturated rings. The Morgan fingerprint density at radius 3 is 1.25 bits per heavy atom. The van der Waals surface area contributed by atoms with Crippen molar-refractivity contribution in [2.45, 2.75) is 0 Å². The summed E-state index contributed by atoms with van der Waals surface area (Å²) in [5.41, 5.74) is 11.0. The van der Waals surface area contributed by atoms with Gasteiger partial charge in [-0.3, -0.25) is 0 Å². The van der Waals surface area contributed by atoms with E-state index in [-0.39, 0.29) is 36.9 Å². The fourth-order valence-electron chi connectivity index (χ4n) is 0. The molecule has 0 saturated carbocycles. The van der Waals surface area contributed by atoms with Crippen molar-refractivity contribution in [1.29, 1.82) is 11.1 Å². The van der Waals surface area contributed by atoms with Crippen LogP contribution in [0.5, 0.6) is 0 Å².